The van der Waals surface area contributed by atoms with Crippen LogP contribution in [0.2, 0.25) is 0 Å². The first kappa shape index (κ1) is 13.1. The Morgan fingerprint density at radius 3 is 2.94 bits per heavy atom. The number of hydrogen-bond donors (Lipinski definition) is 0. The van der Waals surface area contributed by atoms with E-state index in [1.165, 1.54) is 12.4 Å². The minimum atomic E-state index is -0.0737. The second kappa shape index (κ2) is 6.55. The van der Waals surface area contributed by atoms with Crippen molar-refractivity contribution in [2.24, 2.45) is 0 Å². The maximum atomic E-state index is 11.9. The normalized spacial score (nSPS) is 12.2. The number of nitrogens with zero attached hydrogens (tertiary/aromatic N) is 3. The minimum absolute atomic E-state index is 0.0737. The fourth-order valence-electron chi connectivity index (χ4n) is 1.25. The third kappa shape index (κ3) is 3.86. The van der Waals surface area contributed by atoms with E-state index in [0.717, 1.165) is 0 Å². The van der Waals surface area contributed by atoms with Gasteiger partial charge in [0.05, 0.1) is 29.4 Å². The summed E-state index contributed by atoms with van der Waals surface area (Å²) in [5.74, 6) is -0.0737. The molecule has 88 valence electrons. The third-order valence-corrected chi connectivity index (χ3v) is 2.55. The molecular formula is C10H14BrN3O2. The topological polar surface area (TPSA) is 55.3 Å². The highest BCUT2D eigenvalue weighted by molar-refractivity contribution is 9.09. The molecule has 1 atom stereocenters. The Balaban J connectivity index is 2.55. The molecule has 6 heteroatoms. The van der Waals surface area contributed by atoms with Gasteiger partial charge in [-0.15, -0.1) is 0 Å². The Morgan fingerprint density at radius 2 is 2.38 bits per heavy atom. The van der Waals surface area contributed by atoms with E-state index in [4.69, 9.17) is 4.74 Å². The summed E-state index contributed by atoms with van der Waals surface area (Å²) in [5.41, 5.74) is 0.537. The van der Waals surface area contributed by atoms with Crippen molar-refractivity contribution in [1.29, 1.82) is 0 Å². The number of methoxy groups -OCH3 is 1. The van der Waals surface area contributed by atoms with Gasteiger partial charge >= 0.3 is 0 Å². The van der Waals surface area contributed by atoms with Crippen LogP contribution in [0, 0.1) is 0 Å². The molecule has 0 N–H and O–H groups in total. The quantitative estimate of drug-likeness (QED) is 0.757. The van der Waals surface area contributed by atoms with E-state index in [1.54, 1.807) is 25.1 Å². The Kier molecular flexibility index (Phi) is 5.34. The zero-order valence-corrected chi connectivity index (χ0v) is 10.8. The molecule has 1 amide bonds. The highest BCUT2D eigenvalue weighted by Crippen LogP contribution is 2.06. The number of amides is 1. The van der Waals surface area contributed by atoms with Crippen molar-refractivity contribution in [3.05, 3.63) is 24.0 Å². The van der Waals surface area contributed by atoms with Crippen LogP contribution >= 0.6 is 15.9 Å². The molecule has 0 radical (unpaired) electrons. The molecular weight excluding hydrogens is 274 g/mol. The van der Waals surface area contributed by atoms with E-state index in [2.05, 4.69) is 26.1 Å². The molecule has 0 aliphatic heterocycles. The van der Waals surface area contributed by atoms with Gasteiger partial charge < -0.3 is 9.64 Å². The lowest BCUT2D eigenvalue weighted by Crippen LogP contribution is -2.33. The average molecular weight is 288 g/mol. The first-order valence-corrected chi connectivity index (χ1v) is 5.72. The van der Waals surface area contributed by atoms with E-state index in [9.17, 15) is 4.79 Å². The number of hydrogen-bond acceptors (Lipinski definition) is 4. The lowest BCUT2D eigenvalue weighted by molar-refractivity contribution is 0.0783. The summed E-state index contributed by atoms with van der Waals surface area (Å²) in [4.78, 5) is 13.6. The molecule has 1 aromatic rings. The van der Waals surface area contributed by atoms with E-state index in [1.807, 2.05) is 0 Å². The molecule has 0 aliphatic rings. The zero-order valence-electron chi connectivity index (χ0n) is 9.26. The SMILES string of the molecule is COCC(Br)CN(C)C(=O)c1ccnnc1. The maximum absolute atomic E-state index is 11.9. The fraction of sp³-hybridized carbons (Fsp3) is 0.500. The molecule has 0 saturated carbocycles. The predicted molar refractivity (Wildman–Crippen MR) is 63.6 cm³/mol. The first-order valence-electron chi connectivity index (χ1n) is 4.80. The second-order valence-corrected chi connectivity index (χ2v) is 4.66. The van der Waals surface area contributed by atoms with Crippen LogP contribution in [0.1, 0.15) is 10.4 Å². The van der Waals surface area contributed by atoms with Crippen LogP contribution in [0.15, 0.2) is 18.5 Å². The molecule has 0 spiro atoms. The zero-order chi connectivity index (χ0) is 12.0. The summed E-state index contributed by atoms with van der Waals surface area (Å²) >= 11 is 3.43. The lowest BCUT2D eigenvalue weighted by atomic mass is 10.2. The monoisotopic (exact) mass is 287 g/mol. The highest BCUT2D eigenvalue weighted by atomic mass is 79.9. The molecule has 16 heavy (non-hydrogen) atoms. The van der Waals surface area contributed by atoms with E-state index in [0.29, 0.717) is 18.7 Å². The molecule has 0 bridgehead atoms. The van der Waals surface area contributed by atoms with E-state index < -0.39 is 0 Å². The van der Waals surface area contributed by atoms with Crippen LogP contribution in [0.5, 0.6) is 0 Å². The predicted octanol–water partition coefficient (Wildman–Crippen LogP) is 0.959. The maximum Gasteiger partial charge on any atom is 0.255 e. The van der Waals surface area contributed by atoms with Gasteiger partial charge in [-0.1, -0.05) is 15.9 Å². The number of aromatic nitrogens is 2. The van der Waals surface area contributed by atoms with E-state index in [-0.39, 0.29) is 10.7 Å². The first-order chi connectivity index (χ1) is 7.65. The number of ether oxygens (including phenoxy) is 1. The van der Waals surface area contributed by atoms with E-state index >= 15 is 0 Å². The van der Waals surface area contributed by atoms with Crippen LogP contribution < -0.4 is 0 Å². The fourth-order valence-corrected chi connectivity index (χ4v) is 1.95. The Morgan fingerprint density at radius 1 is 1.62 bits per heavy atom. The Hall–Kier alpha value is -1.01. The third-order valence-electron chi connectivity index (χ3n) is 2.00. The van der Waals surface area contributed by atoms with Crippen LogP contribution in [-0.2, 0) is 4.74 Å². The molecule has 1 unspecified atom stereocenters. The van der Waals surface area contributed by atoms with Crippen molar-refractivity contribution in [3.8, 4) is 0 Å². The molecule has 1 rings (SSSR count). The summed E-state index contributed by atoms with van der Waals surface area (Å²) in [6, 6.07) is 1.64. The average Bonchev–Trinajstić information content (AvgIpc) is 2.29. The van der Waals surface area contributed by atoms with Gasteiger partial charge in [0.15, 0.2) is 0 Å². The van der Waals surface area contributed by atoms with Crippen LogP contribution in [0.25, 0.3) is 0 Å². The largest absolute Gasteiger partial charge is 0.383 e. The van der Waals surface area contributed by atoms with Crippen molar-refractivity contribution in [3.63, 3.8) is 0 Å². The second-order valence-electron chi connectivity index (χ2n) is 3.37. The highest BCUT2D eigenvalue weighted by Gasteiger charge is 2.15. The standard InChI is InChI=1S/C10H14BrN3O2/c1-14(6-9(11)7-16-2)10(15)8-3-4-12-13-5-8/h3-5,9H,6-7H2,1-2H3. The summed E-state index contributed by atoms with van der Waals surface area (Å²) in [6.07, 6.45) is 2.96. The Labute approximate surface area is 103 Å². The molecule has 1 aromatic heterocycles. The lowest BCUT2D eigenvalue weighted by Gasteiger charge is -2.19. The van der Waals surface area contributed by atoms with Gasteiger partial charge in [0.2, 0.25) is 0 Å². The number of carbonyl (C=O) groups is 1. The summed E-state index contributed by atoms with van der Waals surface area (Å²) < 4.78 is 4.98. The summed E-state index contributed by atoms with van der Waals surface area (Å²) in [5, 5.41) is 7.30. The summed E-state index contributed by atoms with van der Waals surface area (Å²) in [6.45, 7) is 1.14. The van der Waals surface area contributed by atoms with Crippen molar-refractivity contribution < 1.29 is 9.53 Å². The molecule has 0 aliphatic carbocycles. The van der Waals surface area contributed by atoms with Gasteiger partial charge in [0.1, 0.15) is 0 Å². The molecule has 0 aromatic carbocycles. The van der Waals surface area contributed by atoms with Gasteiger partial charge in [0, 0.05) is 20.7 Å². The number of halogens is 1. The molecule has 5 nitrogen and oxygen atoms in total. The van der Waals surface area contributed by atoms with Gasteiger partial charge in [-0.3, -0.25) is 4.79 Å². The number of rotatable bonds is 5. The molecule has 0 fully saturated rings. The number of carbonyl (C=O) groups excluding carboxylic acids is 1. The van der Waals surface area contributed by atoms with Crippen LogP contribution in [0.3, 0.4) is 0 Å². The van der Waals surface area contributed by atoms with Crippen LogP contribution in [0.4, 0.5) is 0 Å². The smallest absolute Gasteiger partial charge is 0.255 e. The van der Waals surface area contributed by atoms with Crippen molar-refractivity contribution in [2.75, 3.05) is 27.3 Å². The molecule has 0 saturated heterocycles. The van der Waals surface area contributed by atoms with Crippen molar-refractivity contribution in [2.45, 2.75) is 4.83 Å². The van der Waals surface area contributed by atoms with Crippen molar-refractivity contribution >= 4 is 21.8 Å². The van der Waals surface area contributed by atoms with Gasteiger partial charge in [-0.05, 0) is 6.07 Å². The van der Waals surface area contributed by atoms with Crippen LogP contribution in [-0.4, -0.2) is 53.1 Å². The Bertz CT molecular complexity index is 334. The summed E-state index contributed by atoms with van der Waals surface area (Å²) in [7, 11) is 3.37. The van der Waals surface area contributed by atoms with Gasteiger partial charge in [-0.25, -0.2) is 0 Å². The van der Waals surface area contributed by atoms with Gasteiger partial charge in [0.25, 0.3) is 5.91 Å². The number of alkyl halides is 1. The minimum Gasteiger partial charge on any atom is -0.383 e. The van der Waals surface area contributed by atoms with Gasteiger partial charge in [-0.2, -0.15) is 10.2 Å². The van der Waals surface area contributed by atoms with Crippen molar-refractivity contribution in [1.82, 2.24) is 15.1 Å². The molecule has 1 heterocycles.